The fourth-order valence-corrected chi connectivity index (χ4v) is 5.60. The average molecular weight is 619 g/mol. The predicted octanol–water partition coefficient (Wildman–Crippen LogP) is 6.78. The molecule has 0 N–H and O–H groups in total. The second kappa shape index (κ2) is 10.8. The fourth-order valence-electron chi connectivity index (χ4n) is 4.94. The Morgan fingerprint density at radius 1 is 1.00 bits per heavy atom. The first-order chi connectivity index (χ1) is 19.2. The van der Waals surface area contributed by atoms with E-state index in [9.17, 15) is 35.9 Å². The Morgan fingerprint density at radius 3 is 2.22 bits per heavy atom. The van der Waals surface area contributed by atoms with E-state index in [1.165, 1.54) is 58.3 Å². The molecule has 41 heavy (non-hydrogen) atoms. The second-order valence-electron chi connectivity index (χ2n) is 9.68. The zero-order valence-electron chi connectivity index (χ0n) is 21.0. The van der Waals surface area contributed by atoms with Gasteiger partial charge in [-0.1, -0.05) is 23.7 Å². The van der Waals surface area contributed by atoms with Gasteiger partial charge in [-0.25, -0.2) is 9.48 Å². The van der Waals surface area contributed by atoms with Crippen molar-refractivity contribution in [1.29, 1.82) is 0 Å². The Labute approximate surface area is 239 Å². The molecule has 218 valence electrons. The van der Waals surface area contributed by atoms with Gasteiger partial charge < -0.3 is 9.64 Å². The van der Waals surface area contributed by atoms with Gasteiger partial charge in [-0.3, -0.25) is 9.69 Å². The minimum absolute atomic E-state index is 0.0196. The monoisotopic (exact) mass is 618 g/mol. The Bertz CT molecular complexity index is 1440. The van der Waals surface area contributed by atoms with Crippen molar-refractivity contribution >= 4 is 35.4 Å². The van der Waals surface area contributed by atoms with Crippen molar-refractivity contribution in [2.45, 2.75) is 41.6 Å². The molecule has 0 bridgehead atoms. The zero-order chi connectivity index (χ0) is 29.6. The van der Waals surface area contributed by atoms with Crippen LogP contribution in [-0.4, -0.2) is 62.3 Å². The van der Waals surface area contributed by atoms with E-state index in [-0.39, 0.29) is 61.4 Å². The molecule has 2 fully saturated rings. The maximum absolute atomic E-state index is 14.1. The number of hydrogen-bond donors (Lipinski definition) is 0. The number of thioether (sulfide) groups is 1. The Morgan fingerprint density at radius 2 is 1.63 bits per heavy atom. The van der Waals surface area contributed by atoms with Gasteiger partial charge in [0, 0.05) is 42.4 Å². The van der Waals surface area contributed by atoms with Crippen molar-refractivity contribution in [1.82, 2.24) is 19.6 Å². The van der Waals surface area contributed by atoms with Crippen molar-refractivity contribution in [2.75, 3.05) is 19.6 Å². The van der Waals surface area contributed by atoms with E-state index >= 15 is 0 Å². The molecule has 1 spiro atoms. The molecule has 0 atom stereocenters. The first-order valence-electron chi connectivity index (χ1n) is 12.3. The summed E-state index contributed by atoms with van der Waals surface area (Å²) in [5.74, 6) is -0.842. The topological polar surface area (TPSA) is 67.7 Å². The summed E-state index contributed by atoms with van der Waals surface area (Å²) >= 11 is 5.60. The average Bonchev–Trinajstić information content (AvgIpc) is 3.47. The first kappa shape index (κ1) is 29.1. The molecule has 2 saturated heterocycles. The maximum Gasteiger partial charge on any atom is 0.446 e. The summed E-state index contributed by atoms with van der Waals surface area (Å²) in [7, 11) is 0. The fraction of sp³-hybridized carbons (Fsp3) is 0.346. The molecule has 2 aliphatic rings. The summed E-state index contributed by atoms with van der Waals surface area (Å²) in [5.41, 5.74) is -6.45. The SMILES string of the molecule is O=C1OC2(CCN(C(=O)c3cnn(-c4ccc(Cl)cc4)c3C(F)(F)F)CC2)CN1Cc1ccc(SC(F)(F)F)cc1. The summed E-state index contributed by atoms with van der Waals surface area (Å²) in [5, 5.41) is 4.16. The lowest BCUT2D eigenvalue weighted by Gasteiger charge is -2.37. The van der Waals surface area contributed by atoms with Crippen LogP contribution in [0.15, 0.2) is 59.6 Å². The number of piperidine rings is 1. The number of rotatable bonds is 5. The number of carbonyl (C=O) groups is 2. The van der Waals surface area contributed by atoms with Crippen LogP contribution in [0.2, 0.25) is 5.02 Å². The van der Waals surface area contributed by atoms with Crippen molar-refractivity contribution in [3.05, 3.63) is 76.6 Å². The highest BCUT2D eigenvalue weighted by Crippen LogP contribution is 2.39. The third kappa shape index (κ3) is 6.43. The summed E-state index contributed by atoms with van der Waals surface area (Å²) in [6.45, 7) is 0.383. The number of benzene rings is 2. The van der Waals surface area contributed by atoms with Crippen LogP contribution in [0.1, 0.15) is 34.5 Å². The molecular weight excluding hydrogens is 598 g/mol. The summed E-state index contributed by atoms with van der Waals surface area (Å²) in [4.78, 5) is 28.5. The van der Waals surface area contributed by atoms with Gasteiger partial charge in [0.05, 0.1) is 24.0 Å². The lowest BCUT2D eigenvalue weighted by molar-refractivity contribution is -0.143. The van der Waals surface area contributed by atoms with Gasteiger partial charge in [-0.15, -0.1) is 0 Å². The van der Waals surface area contributed by atoms with Crippen LogP contribution >= 0.6 is 23.4 Å². The molecule has 3 aromatic rings. The lowest BCUT2D eigenvalue weighted by atomic mass is 9.91. The van der Waals surface area contributed by atoms with E-state index in [2.05, 4.69) is 5.10 Å². The number of halogens is 7. The molecule has 15 heteroatoms. The number of alkyl halides is 6. The predicted molar refractivity (Wildman–Crippen MR) is 137 cm³/mol. The van der Waals surface area contributed by atoms with E-state index in [0.29, 0.717) is 15.3 Å². The molecule has 5 rings (SSSR count). The minimum Gasteiger partial charge on any atom is -0.441 e. The molecule has 0 radical (unpaired) electrons. The lowest BCUT2D eigenvalue weighted by Crippen LogP contribution is -2.49. The van der Waals surface area contributed by atoms with Crippen molar-refractivity contribution < 1.29 is 40.7 Å². The Kier molecular flexibility index (Phi) is 7.66. The van der Waals surface area contributed by atoms with Crippen molar-refractivity contribution in [2.24, 2.45) is 0 Å². The van der Waals surface area contributed by atoms with E-state index < -0.39 is 40.5 Å². The number of carbonyl (C=O) groups excluding carboxylic acids is 2. The van der Waals surface area contributed by atoms with E-state index in [1.54, 1.807) is 0 Å². The van der Waals surface area contributed by atoms with Crippen LogP contribution in [0.5, 0.6) is 0 Å². The summed E-state index contributed by atoms with van der Waals surface area (Å²) in [6.07, 6.45) is -4.19. The van der Waals surface area contributed by atoms with Crippen LogP contribution < -0.4 is 0 Å². The van der Waals surface area contributed by atoms with Gasteiger partial charge in [0.1, 0.15) is 5.60 Å². The van der Waals surface area contributed by atoms with Gasteiger partial charge in [0.15, 0.2) is 5.69 Å². The minimum atomic E-state index is -4.87. The Hall–Kier alpha value is -3.39. The highest BCUT2D eigenvalue weighted by molar-refractivity contribution is 8.00. The molecule has 2 amide bonds. The molecule has 7 nitrogen and oxygen atoms in total. The molecule has 0 saturated carbocycles. The van der Waals surface area contributed by atoms with Gasteiger partial charge in [0.2, 0.25) is 0 Å². The normalized spacial score (nSPS) is 17.3. The quantitative estimate of drug-likeness (QED) is 0.233. The standard InChI is InChI=1S/C26H21ClF6N4O3S/c27-17-3-5-18(6-4-17)37-21(25(28,29)30)20(13-34-37)22(38)35-11-9-24(10-12-35)15-36(23(39)40-24)14-16-1-7-19(8-2-16)41-26(31,32)33/h1-8,13H,9-12,14-15H2. The zero-order valence-corrected chi connectivity index (χ0v) is 22.6. The third-order valence-electron chi connectivity index (χ3n) is 6.87. The van der Waals surface area contributed by atoms with E-state index in [0.717, 1.165) is 6.20 Å². The van der Waals surface area contributed by atoms with Gasteiger partial charge in [-0.2, -0.15) is 31.4 Å². The number of nitrogens with zero attached hydrogens (tertiary/aromatic N) is 4. The van der Waals surface area contributed by atoms with E-state index in [4.69, 9.17) is 16.3 Å². The number of ether oxygens (including phenoxy) is 1. The molecule has 1 aromatic heterocycles. The second-order valence-corrected chi connectivity index (χ2v) is 11.3. The Balaban J connectivity index is 1.25. The van der Waals surface area contributed by atoms with Gasteiger partial charge in [-0.05, 0) is 53.7 Å². The van der Waals surface area contributed by atoms with Crippen LogP contribution in [0.3, 0.4) is 0 Å². The van der Waals surface area contributed by atoms with Crippen LogP contribution in [-0.2, 0) is 17.5 Å². The molecule has 3 heterocycles. The smallest absolute Gasteiger partial charge is 0.441 e. The van der Waals surface area contributed by atoms with Crippen LogP contribution in [0.4, 0.5) is 31.1 Å². The van der Waals surface area contributed by atoms with Crippen molar-refractivity contribution in [3.63, 3.8) is 0 Å². The third-order valence-corrected chi connectivity index (χ3v) is 7.86. The van der Waals surface area contributed by atoms with Crippen LogP contribution in [0, 0.1) is 0 Å². The molecule has 2 aromatic carbocycles. The van der Waals surface area contributed by atoms with E-state index in [1.807, 2.05) is 0 Å². The highest BCUT2D eigenvalue weighted by Gasteiger charge is 2.48. The molecular formula is C26H21ClF6N4O3S. The largest absolute Gasteiger partial charge is 0.446 e. The maximum atomic E-state index is 14.1. The molecule has 0 aliphatic carbocycles. The van der Waals surface area contributed by atoms with Gasteiger partial charge >= 0.3 is 17.8 Å². The molecule has 2 aliphatic heterocycles. The number of amides is 2. The molecule has 0 unspecified atom stereocenters. The van der Waals surface area contributed by atoms with Crippen molar-refractivity contribution in [3.8, 4) is 5.69 Å². The summed E-state index contributed by atoms with van der Waals surface area (Å²) < 4.78 is 86.2. The number of aromatic nitrogens is 2. The number of likely N-dealkylation sites (tertiary alicyclic amines) is 1. The highest BCUT2D eigenvalue weighted by atomic mass is 35.5. The van der Waals surface area contributed by atoms with Crippen LogP contribution in [0.25, 0.3) is 5.69 Å². The van der Waals surface area contributed by atoms with Gasteiger partial charge in [0.25, 0.3) is 5.91 Å². The summed E-state index contributed by atoms with van der Waals surface area (Å²) in [6, 6.07) is 11.2. The first-order valence-corrected chi connectivity index (χ1v) is 13.5. The number of hydrogen-bond acceptors (Lipinski definition) is 5.